The number of aliphatic hydroxyl groups is 1. The van der Waals surface area contributed by atoms with Crippen molar-refractivity contribution in [2.45, 2.75) is 44.2 Å². The molecule has 1 amide bonds. The molecule has 1 aliphatic carbocycles. The summed E-state index contributed by atoms with van der Waals surface area (Å²) in [4.78, 5) is 17.2. The Labute approximate surface area is 115 Å². The van der Waals surface area contributed by atoms with Gasteiger partial charge in [0, 0.05) is 17.8 Å². The predicted molar refractivity (Wildman–Crippen MR) is 73.2 cm³/mol. The maximum atomic E-state index is 12.0. The smallest absolute Gasteiger partial charge is 0.226 e. The van der Waals surface area contributed by atoms with Gasteiger partial charge in [-0.3, -0.25) is 9.20 Å². The van der Waals surface area contributed by atoms with Gasteiger partial charge in [-0.25, -0.2) is 4.98 Å². The lowest BCUT2D eigenvalue weighted by Crippen LogP contribution is -2.45. The van der Waals surface area contributed by atoms with E-state index in [0.29, 0.717) is 0 Å². The van der Waals surface area contributed by atoms with Crippen LogP contribution in [0.4, 0.5) is 0 Å². The van der Waals surface area contributed by atoms with E-state index in [2.05, 4.69) is 10.3 Å². The first kappa shape index (κ1) is 12.6. The van der Waals surface area contributed by atoms with Crippen LogP contribution in [-0.4, -0.2) is 32.5 Å². The monoisotopic (exact) mass is 279 g/mol. The third-order valence-electron chi connectivity index (χ3n) is 3.56. The summed E-state index contributed by atoms with van der Waals surface area (Å²) in [6.07, 6.45) is 7.45. The Morgan fingerprint density at radius 2 is 2.37 bits per heavy atom. The molecular weight excluding hydrogens is 262 g/mol. The zero-order valence-electron chi connectivity index (χ0n) is 10.6. The molecule has 3 rings (SSSR count). The topological polar surface area (TPSA) is 66.6 Å². The molecule has 2 N–H and O–H groups in total. The standard InChI is InChI=1S/C13H17N3O2S/c17-11-4-2-1-3-10(11)15-12(18)7-9-8-16-5-6-19-13(16)14-9/h5-6,8,10-11,17H,1-4,7H2,(H,15,18). The van der Waals surface area contributed by atoms with Crippen LogP contribution >= 0.6 is 11.3 Å². The van der Waals surface area contributed by atoms with Gasteiger partial charge in [0.25, 0.3) is 0 Å². The number of imidazole rings is 1. The van der Waals surface area contributed by atoms with E-state index in [-0.39, 0.29) is 18.4 Å². The van der Waals surface area contributed by atoms with Crippen LogP contribution in [0.2, 0.25) is 0 Å². The lowest BCUT2D eigenvalue weighted by Gasteiger charge is -2.28. The second-order valence-electron chi connectivity index (χ2n) is 5.03. The number of carbonyl (C=O) groups excluding carboxylic acids is 1. The van der Waals surface area contributed by atoms with E-state index in [4.69, 9.17) is 0 Å². The highest BCUT2D eigenvalue weighted by Gasteiger charge is 2.24. The quantitative estimate of drug-likeness (QED) is 0.891. The van der Waals surface area contributed by atoms with E-state index in [0.717, 1.165) is 36.3 Å². The van der Waals surface area contributed by atoms with E-state index < -0.39 is 6.10 Å². The molecule has 2 aromatic rings. The Bertz CT molecular complexity index is 549. The molecule has 0 bridgehead atoms. The van der Waals surface area contributed by atoms with E-state index in [1.807, 2.05) is 22.2 Å². The number of fused-ring (bicyclic) bond motifs is 1. The van der Waals surface area contributed by atoms with Crippen LogP contribution in [0.25, 0.3) is 4.96 Å². The first-order valence-corrected chi connectivity index (χ1v) is 7.49. The molecule has 5 nitrogen and oxygen atoms in total. The number of nitrogens with zero attached hydrogens (tertiary/aromatic N) is 2. The molecule has 0 aliphatic heterocycles. The SMILES string of the molecule is O=C(Cc1cn2ccsc2n1)NC1CCCCC1O. The molecule has 102 valence electrons. The van der Waals surface area contributed by atoms with Crippen LogP contribution in [0.3, 0.4) is 0 Å². The molecule has 2 atom stereocenters. The second kappa shape index (κ2) is 5.30. The highest BCUT2D eigenvalue weighted by molar-refractivity contribution is 7.15. The summed E-state index contributed by atoms with van der Waals surface area (Å²) in [6, 6.07) is -0.0926. The number of thiazole rings is 1. The van der Waals surface area contributed by atoms with Gasteiger partial charge in [-0.1, -0.05) is 12.8 Å². The number of hydrogen-bond acceptors (Lipinski definition) is 4. The minimum Gasteiger partial charge on any atom is -0.391 e. The zero-order valence-corrected chi connectivity index (χ0v) is 11.4. The van der Waals surface area contributed by atoms with Crippen molar-refractivity contribution in [1.29, 1.82) is 0 Å². The number of carbonyl (C=O) groups is 1. The summed E-state index contributed by atoms with van der Waals surface area (Å²) in [5.74, 6) is -0.0586. The number of aromatic nitrogens is 2. The van der Waals surface area contributed by atoms with E-state index in [9.17, 15) is 9.90 Å². The molecule has 1 saturated carbocycles. The number of hydrogen-bond donors (Lipinski definition) is 2. The maximum Gasteiger partial charge on any atom is 0.226 e. The van der Waals surface area contributed by atoms with E-state index in [1.54, 1.807) is 11.3 Å². The molecule has 0 saturated heterocycles. The number of aliphatic hydroxyl groups excluding tert-OH is 1. The average molecular weight is 279 g/mol. The van der Waals surface area contributed by atoms with Gasteiger partial charge < -0.3 is 10.4 Å². The fourth-order valence-corrected chi connectivity index (χ4v) is 3.28. The van der Waals surface area contributed by atoms with Crippen LogP contribution in [-0.2, 0) is 11.2 Å². The average Bonchev–Trinajstić information content (AvgIpc) is 2.92. The summed E-state index contributed by atoms with van der Waals surface area (Å²) in [7, 11) is 0. The number of nitrogens with one attached hydrogen (secondary N) is 1. The third kappa shape index (κ3) is 2.79. The largest absolute Gasteiger partial charge is 0.391 e. The van der Waals surface area contributed by atoms with Gasteiger partial charge >= 0.3 is 0 Å². The van der Waals surface area contributed by atoms with Gasteiger partial charge in [-0.15, -0.1) is 11.3 Å². The zero-order chi connectivity index (χ0) is 13.2. The number of rotatable bonds is 3. The van der Waals surface area contributed by atoms with Gasteiger partial charge in [0.2, 0.25) is 5.91 Å². The molecule has 0 aromatic carbocycles. The van der Waals surface area contributed by atoms with Gasteiger partial charge in [0.15, 0.2) is 4.96 Å². The predicted octanol–water partition coefficient (Wildman–Crippen LogP) is 1.36. The third-order valence-corrected chi connectivity index (χ3v) is 4.33. The van der Waals surface area contributed by atoms with Crippen molar-refractivity contribution in [2.75, 3.05) is 0 Å². The number of amides is 1. The van der Waals surface area contributed by atoms with Crippen molar-refractivity contribution >= 4 is 22.2 Å². The molecule has 1 fully saturated rings. The summed E-state index contributed by atoms with van der Waals surface area (Å²) in [5, 5.41) is 14.7. The lowest BCUT2D eigenvalue weighted by atomic mass is 9.92. The Balaban J connectivity index is 1.60. The highest BCUT2D eigenvalue weighted by atomic mass is 32.1. The van der Waals surface area contributed by atoms with Gasteiger partial charge in [0.1, 0.15) is 0 Å². The van der Waals surface area contributed by atoms with Crippen molar-refractivity contribution in [3.8, 4) is 0 Å². The first-order chi connectivity index (χ1) is 9.22. The molecule has 19 heavy (non-hydrogen) atoms. The normalized spacial score (nSPS) is 23.6. The van der Waals surface area contributed by atoms with Crippen LogP contribution in [0.15, 0.2) is 17.8 Å². The Morgan fingerprint density at radius 1 is 1.53 bits per heavy atom. The Kier molecular flexibility index (Phi) is 3.52. The van der Waals surface area contributed by atoms with Crippen molar-refractivity contribution in [3.05, 3.63) is 23.5 Å². The fraction of sp³-hybridized carbons (Fsp3) is 0.538. The summed E-state index contributed by atoms with van der Waals surface area (Å²) < 4.78 is 1.92. The summed E-state index contributed by atoms with van der Waals surface area (Å²) in [5.41, 5.74) is 0.773. The molecule has 1 aliphatic rings. The van der Waals surface area contributed by atoms with Crippen molar-refractivity contribution in [1.82, 2.24) is 14.7 Å². The van der Waals surface area contributed by atoms with Gasteiger partial charge in [-0.05, 0) is 12.8 Å². The maximum absolute atomic E-state index is 12.0. The lowest BCUT2D eigenvalue weighted by molar-refractivity contribution is -0.122. The van der Waals surface area contributed by atoms with Gasteiger partial charge in [-0.2, -0.15) is 0 Å². The van der Waals surface area contributed by atoms with E-state index in [1.165, 1.54) is 0 Å². The fourth-order valence-electron chi connectivity index (χ4n) is 2.56. The van der Waals surface area contributed by atoms with Crippen molar-refractivity contribution in [3.63, 3.8) is 0 Å². The highest BCUT2D eigenvalue weighted by Crippen LogP contribution is 2.18. The Morgan fingerprint density at radius 3 is 3.16 bits per heavy atom. The minimum absolute atomic E-state index is 0.0586. The second-order valence-corrected chi connectivity index (χ2v) is 5.90. The van der Waals surface area contributed by atoms with Crippen LogP contribution in [0.5, 0.6) is 0 Å². The Hall–Kier alpha value is -1.40. The summed E-state index contributed by atoms with van der Waals surface area (Å²) >= 11 is 1.55. The minimum atomic E-state index is -0.400. The molecule has 2 heterocycles. The molecule has 2 aromatic heterocycles. The van der Waals surface area contributed by atoms with Crippen LogP contribution in [0, 0.1) is 0 Å². The van der Waals surface area contributed by atoms with Crippen LogP contribution in [0.1, 0.15) is 31.4 Å². The molecule has 6 heteroatoms. The van der Waals surface area contributed by atoms with Gasteiger partial charge in [0.05, 0.1) is 24.3 Å². The van der Waals surface area contributed by atoms with Crippen LogP contribution < -0.4 is 5.32 Å². The molecular formula is C13H17N3O2S. The van der Waals surface area contributed by atoms with Crippen molar-refractivity contribution < 1.29 is 9.90 Å². The molecule has 0 radical (unpaired) electrons. The first-order valence-electron chi connectivity index (χ1n) is 6.61. The van der Waals surface area contributed by atoms with Crippen molar-refractivity contribution in [2.24, 2.45) is 0 Å². The summed E-state index contributed by atoms with van der Waals surface area (Å²) in [6.45, 7) is 0. The van der Waals surface area contributed by atoms with E-state index >= 15 is 0 Å². The molecule has 2 unspecified atom stereocenters. The molecule has 0 spiro atoms.